The maximum Gasteiger partial charge on any atom is 0.191 e. The van der Waals surface area contributed by atoms with Crippen LogP contribution in [0, 0.1) is 0 Å². The smallest absolute Gasteiger partial charge is 0.191 e. The number of hydrogen-bond acceptors (Lipinski definition) is 3. The van der Waals surface area contributed by atoms with Crippen molar-refractivity contribution in [1.29, 1.82) is 0 Å². The fraction of sp³-hybridized carbons (Fsp3) is 0.650. The van der Waals surface area contributed by atoms with E-state index in [1.807, 2.05) is 0 Å². The molecule has 5 nitrogen and oxygen atoms in total. The van der Waals surface area contributed by atoms with Crippen LogP contribution in [0.15, 0.2) is 29.3 Å². The van der Waals surface area contributed by atoms with Crippen molar-refractivity contribution in [3.63, 3.8) is 0 Å². The molecule has 1 aromatic carbocycles. The third-order valence-corrected chi connectivity index (χ3v) is 4.87. The molecule has 0 saturated carbocycles. The molecular weight excluding hydrogens is 310 g/mol. The van der Waals surface area contributed by atoms with Crippen LogP contribution in [0.4, 0.5) is 5.69 Å². The molecule has 1 fully saturated rings. The van der Waals surface area contributed by atoms with Gasteiger partial charge in [-0.2, -0.15) is 0 Å². The highest BCUT2D eigenvalue weighted by Gasteiger charge is 2.22. The molecule has 25 heavy (non-hydrogen) atoms. The van der Waals surface area contributed by atoms with Crippen LogP contribution in [0.3, 0.4) is 0 Å². The quantitative estimate of drug-likeness (QED) is 0.561. The fourth-order valence-corrected chi connectivity index (χ4v) is 3.34. The molecule has 0 aliphatic carbocycles. The zero-order chi connectivity index (χ0) is 18.1. The van der Waals surface area contributed by atoms with Crippen LogP contribution in [0.25, 0.3) is 0 Å². The Morgan fingerprint density at radius 3 is 2.60 bits per heavy atom. The molecule has 5 heteroatoms. The highest BCUT2D eigenvalue weighted by Crippen LogP contribution is 2.16. The van der Waals surface area contributed by atoms with E-state index in [1.165, 1.54) is 30.6 Å². The Kier molecular flexibility index (Phi) is 8.06. The summed E-state index contributed by atoms with van der Waals surface area (Å²) in [4.78, 5) is 9.47. The lowest BCUT2D eigenvalue weighted by Gasteiger charge is -2.21. The molecule has 1 aromatic rings. The van der Waals surface area contributed by atoms with Crippen LogP contribution >= 0.6 is 0 Å². The van der Waals surface area contributed by atoms with Gasteiger partial charge in [-0.3, -0.25) is 9.89 Å². The number of hydrogen-bond donors (Lipinski definition) is 2. The second-order valence-corrected chi connectivity index (χ2v) is 6.88. The van der Waals surface area contributed by atoms with Crippen LogP contribution in [0.2, 0.25) is 0 Å². The molecule has 2 N–H and O–H groups in total. The highest BCUT2D eigenvalue weighted by atomic mass is 15.2. The summed E-state index contributed by atoms with van der Waals surface area (Å²) in [5.41, 5.74) is 2.59. The number of rotatable bonds is 8. The first-order valence-electron chi connectivity index (χ1n) is 9.66. The van der Waals surface area contributed by atoms with Crippen molar-refractivity contribution in [2.24, 2.45) is 4.99 Å². The normalized spacial score (nSPS) is 18.4. The average Bonchev–Trinajstić information content (AvgIpc) is 3.07. The molecule has 0 spiro atoms. The summed E-state index contributed by atoms with van der Waals surface area (Å²) in [7, 11) is 4.14. The molecule has 0 radical (unpaired) electrons. The van der Waals surface area contributed by atoms with Gasteiger partial charge >= 0.3 is 0 Å². The van der Waals surface area contributed by atoms with Crippen molar-refractivity contribution in [3.8, 4) is 0 Å². The molecular formula is C20H35N5. The lowest BCUT2D eigenvalue weighted by atomic mass is 10.1. The van der Waals surface area contributed by atoms with Crippen LogP contribution in [-0.2, 0) is 6.42 Å². The van der Waals surface area contributed by atoms with E-state index < -0.39 is 0 Å². The minimum atomic E-state index is 0.610. The molecule has 1 unspecified atom stereocenters. The molecule has 1 heterocycles. The van der Waals surface area contributed by atoms with E-state index in [0.717, 1.165) is 38.6 Å². The molecule has 1 aliphatic heterocycles. The van der Waals surface area contributed by atoms with Gasteiger partial charge in [0.05, 0.1) is 6.54 Å². The van der Waals surface area contributed by atoms with Gasteiger partial charge in [0.15, 0.2) is 5.96 Å². The lowest BCUT2D eigenvalue weighted by Crippen LogP contribution is -2.40. The highest BCUT2D eigenvalue weighted by molar-refractivity contribution is 5.79. The minimum absolute atomic E-state index is 0.610. The Balaban J connectivity index is 1.81. The topological polar surface area (TPSA) is 42.9 Å². The predicted octanol–water partition coefficient (Wildman–Crippen LogP) is 2.33. The summed E-state index contributed by atoms with van der Waals surface area (Å²) in [6.45, 7) is 9.40. The van der Waals surface area contributed by atoms with Gasteiger partial charge in [-0.1, -0.05) is 19.1 Å². The van der Waals surface area contributed by atoms with Crippen LogP contribution in [0.5, 0.6) is 0 Å². The van der Waals surface area contributed by atoms with E-state index in [-0.39, 0.29) is 0 Å². The van der Waals surface area contributed by atoms with Crippen molar-refractivity contribution < 1.29 is 0 Å². The zero-order valence-electron chi connectivity index (χ0n) is 16.4. The van der Waals surface area contributed by atoms with Gasteiger partial charge in [-0.15, -0.1) is 0 Å². The molecule has 1 atom stereocenters. The van der Waals surface area contributed by atoms with E-state index >= 15 is 0 Å². The van der Waals surface area contributed by atoms with Crippen LogP contribution < -0.4 is 15.5 Å². The monoisotopic (exact) mass is 345 g/mol. The van der Waals surface area contributed by atoms with Gasteiger partial charge in [0.25, 0.3) is 0 Å². The van der Waals surface area contributed by atoms with Crippen molar-refractivity contribution >= 4 is 11.6 Å². The van der Waals surface area contributed by atoms with Gasteiger partial charge in [-0.25, -0.2) is 0 Å². The largest absolute Gasteiger partial charge is 0.378 e. The van der Waals surface area contributed by atoms with Gasteiger partial charge in [0.1, 0.15) is 0 Å². The van der Waals surface area contributed by atoms with E-state index in [1.54, 1.807) is 0 Å². The van der Waals surface area contributed by atoms with Crippen molar-refractivity contribution in [2.75, 3.05) is 51.7 Å². The van der Waals surface area contributed by atoms with Crippen molar-refractivity contribution in [3.05, 3.63) is 29.8 Å². The number of likely N-dealkylation sites (N-methyl/N-ethyl adjacent to an activating group) is 1. The number of likely N-dealkylation sites (tertiary alicyclic amines) is 1. The van der Waals surface area contributed by atoms with E-state index in [0.29, 0.717) is 6.04 Å². The number of aliphatic imine (C=N–C) groups is 1. The fourth-order valence-electron chi connectivity index (χ4n) is 3.34. The number of nitrogens with one attached hydrogen (secondary N) is 2. The third kappa shape index (κ3) is 6.24. The molecule has 0 aromatic heterocycles. The van der Waals surface area contributed by atoms with Crippen molar-refractivity contribution in [1.82, 2.24) is 15.5 Å². The second kappa shape index (κ2) is 10.3. The zero-order valence-corrected chi connectivity index (χ0v) is 16.4. The first-order chi connectivity index (χ1) is 12.1. The molecule has 0 bridgehead atoms. The molecule has 2 rings (SSSR count). The molecule has 1 aliphatic rings. The maximum absolute atomic E-state index is 4.81. The number of nitrogens with zero attached hydrogens (tertiary/aromatic N) is 3. The molecule has 140 valence electrons. The number of anilines is 1. The van der Waals surface area contributed by atoms with Crippen molar-refractivity contribution in [2.45, 2.75) is 39.2 Å². The third-order valence-electron chi connectivity index (χ3n) is 4.87. The number of guanidine groups is 1. The standard InChI is InChI=1S/C20H35N5/c1-5-21-20(23-16-19-8-7-15-25(19)6-2)22-14-13-17-9-11-18(12-10-17)24(3)4/h9-12,19H,5-8,13-16H2,1-4H3,(H2,21,22,23). The number of benzene rings is 1. The summed E-state index contributed by atoms with van der Waals surface area (Å²) in [6.07, 6.45) is 3.58. The SMILES string of the molecule is CCNC(=NCC1CCCN1CC)NCCc1ccc(N(C)C)cc1. The minimum Gasteiger partial charge on any atom is -0.378 e. The van der Waals surface area contributed by atoms with Gasteiger partial charge < -0.3 is 15.5 Å². The summed E-state index contributed by atoms with van der Waals surface area (Å²) in [5.74, 6) is 0.940. The summed E-state index contributed by atoms with van der Waals surface area (Å²) in [5, 5.41) is 6.84. The maximum atomic E-state index is 4.81. The summed E-state index contributed by atoms with van der Waals surface area (Å²) >= 11 is 0. The van der Waals surface area contributed by atoms with Gasteiger partial charge in [-0.05, 0) is 57.0 Å². The molecule has 1 saturated heterocycles. The first kappa shape index (κ1) is 19.6. The Morgan fingerprint density at radius 1 is 1.20 bits per heavy atom. The Labute approximate surface area is 153 Å². The van der Waals surface area contributed by atoms with Crippen LogP contribution in [0.1, 0.15) is 32.3 Å². The Hall–Kier alpha value is -1.75. The van der Waals surface area contributed by atoms with Gasteiger partial charge in [0.2, 0.25) is 0 Å². The Bertz CT molecular complexity index is 523. The average molecular weight is 346 g/mol. The Morgan fingerprint density at radius 2 is 1.96 bits per heavy atom. The first-order valence-corrected chi connectivity index (χ1v) is 9.66. The second-order valence-electron chi connectivity index (χ2n) is 6.88. The molecule has 0 amide bonds. The van der Waals surface area contributed by atoms with Gasteiger partial charge in [0, 0.05) is 38.9 Å². The lowest BCUT2D eigenvalue weighted by molar-refractivity contribution is 0.273. The van der Waals surface area contributed by atoms with E-state index in [9.17, 15) is 0 Å². The van der Waals surface area contributed by atoms with E-state index in [2.05, 4.69) is 72.6 Å². The van der Waals surface area contributed by atoms with E-state index in [4.69, 9.17) is 4.99 Å². The summed E-state index contributed by atoms with van der Waals surface area (Å²) in [6, 6.07) is 9.37. The van der Waals surface area contributed by atoms with Crippen LogP contribution in [-0.4, -0.2) is 63.7 Å². The predicted molar refractivity (Wildman–Crippen MR) is 109 cm³/mol. The summed E-state index contributed by atoms with van der Waals surface area (Å²) < 4.78 is 0.